The van der Waals surface area contributed by atoms with Gasteiger partial charge in [-0.15, -0.1) is 0 Å². The molecule has 3 aromatic rings. The van der Waals surface area contributed by atoms with E-state index in [1.807, 2.05) is 69.6 Å². The van der Waals surface area contributed by atoms with Crippen LogP contribution in [0.15, 0.2) is 53.3 Å². The summed E-state index contributed by atoms with van der Waals surface area (Å²) in [5.74, 6) is 1.38. The number of hydrogen-bond donors (Lipinski definition) is 1. The Hall–Kier alpha value is -2.70. The van der Waals surface area contributed by atoms with Crippen molar-refractivity contribution in [2.24, 2.45) is 0 Å². The third kappa shape index (κ3) is 4.18. The van der Waals surface area contributed by atoms with Gasteiger partial charge in [0.1, 0.15) is 11.6 Å². The second kappa shape index (κ2) is 8.79. The molecule has 6 heteroatoms. The average molecular weight is 366 g/mol. The Kier molecular flexibility index (Phi) is 6.21. The summed E-state index contributed by atoms with van der Waals surface area (Å²) < 4.78 is 7.46. The molecule has 0 saturated carbocycles. The molecule has 1 aromatic heterocycles. The number of aromatic nitrogens is 2. The summed E-state index contributed by atoms with van der Waals surface area (Å²) in [6, 6.07) is 15.1. The quantitative estimate of drug-likeness (QED) is 0.664. The van der Waals surface area contributed by atoms with Crippen LogP contribution in [0.3, 0.4) is 0 Å². The van der Waals surface area contributed by atoms with Gasteiger partial charge in [-0.2, -0.15) is 0 Å². The first kappa shape index (κ1) is 19.1. The van der Waals surface area contributed by atoms with Gasteiger partial charge in [0.25, 0.3) is 5.56 Å². The van der Waals surface area contributed by atoms with Gasteiger partial charge in [-0.25, -0.2) is 4.98 Å². The average Bonchev–Trinajstić information content (AvgIpc) is 2.68. The Morgan fingerprint density at radius 1 is 1.15 bits per heavy atom. The predicted molar refractivity (Wildman–Crippen MR) is 109 cm³/mol. The first-order chi connectivity index (χ1) is 13.2. The smallest absolute Gasteiger partial charge is 0.266 e. The third-order valence-electron chi connectivity index (χ3n) is 4.41. The lowest BCUT2D eigenvalue weighted by Gasteiger charge is -2.21. The SMILES string of the molecule is CCOc1ccccc1-n1c(CN(C)CCNC)nc2ccccc2c1=O. The number of para-hydroxylation sites is 3. The fourth-order valence-electron chi connectivity index (χ4n) is 3.08. The highest BCUT2D eigenvalue weighted by Crippen LogP contribution is 2.23. The molecule has 0 unspecified atom stereocenters. The van der Waals surface area contributed by atoms with Crippen molar-refractivity contribution in [1.82, 2.24) is 19.8 Å². The van der Waals surface area contributed by atoms with E-state index in [9.17, 15) is 4.79 Å². The minimum Gasteiger partial charge on any atom is -0.492 e. The molecular weight excluding hydrogens is 340 g/mol. The number of nitrogens with one attached hydrogen (secondary N) is 1. The number of fused-ring (bicyclic) bond motifs is 1. The molecule has 1 heterocycles. The first-order valence-electron chi connectivity index (χ1n) is 9.21. The van der Waals surface area contributed by atoms with E-state index in [-0.39, 0.29) is 5.56 Å². The minimum absolute atomic E-state index is 0.0789. The highest BCUT2D eigenvalue weighted by Gasteiger charge is 2.17. The lowest BCUT2D eigenvalue weighted by molar-refractivity contribution is 0.314. The van der Waals surface area contributed by atoms with E-state index >= 15 is 0 Å². The van der Waals surface area contributed by atoms with E-state index in [1.165, 1.54) is 0 Å². The summed E-state index contributed by atoms with van der Waals surface area (Å²) in [4.78, 5) is 20.3. The van der Waals surface area contributed by atoms with Gasteiger partial charge in [-0.1, -0.05) is 24.3 Å². The normalized spacial score (nSPS) is 11.3. The van der Waals surface area contributed by atoms with E-state index in [4.69, 9.17) is 9.72 Å². The van der Waals surface area contributed by atoms with Crippen molar-refractivity contribution in [2.45, 2.75) is 13.5 Å². The zero-order chi connectivity index (χ0) is 19.2. The molecule has 0 atom stereocenters. The van der Waals surface area contributed by atoms with E-state index in [1.54, 1.807) is 4.57 Å². The van der Waals surface area contributed by atoms with Crippen molar-refractivity contribution in [3.8, 4) is 11.4 Å². The molecule has 6 nitrogen and oxygen atoms in total. The lowest BCUT2D eigenvalue weighted by Crippen LogP contribution is -2.31. The van der Waals surface area contributed by atoms with Crippen LogP contribution in [0.2, 0.25) is 0 Å². The van der Waals surface area contributed by atoms with Crippen LogP contribution in [0.1, 0.15) is 12.7 Å². The number of rotatable bonds is 8. The van der Waals surface area contributed by atoms with Crippen LogP contribution in [-0.2, 0) is 6.54 Å². The number of benzene rings is 2. The molecule has 0 spiro atoms. The highest BCUT2D eigenvalue weighted by atomic mass is 16.5. The Bertz CT molecular complexity index is 968. The van der Waals surface area contributed by atoms with Crippen LogP contribution in [-0.4, -0.2) is 48.2 Å². The Balaban J connectivity index is 2.18. The highest BCUT2D eigenvalue weighted by molar-refractivity contribution is 5.78. The third-order valence-corrected chi connectivity index (χ3v) is 4.41. The van der Waals surface area contributed by atoms with Crippen molar-refractivity contribution in [3.63, 3.8) is 0 Å². The van der Waals surface area contributed by atoms with Gasteiger partial charge < -0.3 is 10.1 Å². The summed E-state index contributed by atoms with van der Waals surface area (Å²) >= 11 is 0. The van der Waals surface area contributed by atoms with E-state index in [2.05, 4.69) is 10.2 Å². The van der Waals surface area contributed by atoms with Gasteiger partial charge in [0.05, 0.1) is 29.7 Å². The predicted octanol–water partition coefficient (Wildman–Crippen LogP) is 2.44. The Morgan fingerprint density at radius 3 is 2.67 bits per heavy atom. The van der Waals surface area contributed by atoms with Crippen LogP contribution in [0.4, 0.5) is 0 Å². The number of likely N-dealkylation sites (N-methyl/N-ethyl adjacent to an activating group) is 2. The van der Waals surface area contributed by atoms with Crippen molar-refractivity contribution < 1.29 is 4.74 Å². The van der Waals surface area contributed by atoms with Crippen LogP contribution < -0.4 is 15.6 Å². The van der Waals surface area contributed by atoms with Crippen molar-refractivity contribution in [3.05, 3.63) is 64.7 Å². The molecule has 3 rings (SSSR count). The standard InChI is InChI=1S/C21H26N4O2/c1-4-27-19-12-8-7-11-18(19)25-20(15-24(3)14-13-22-2)23-17-10-6-5-9-16(17)21(25)26/h5-12,22H,4,13-15H2,1-3H3. The molecule has 1 N–H and O–H groups in total. The van der Waals surface area contributed by atoms with Crippen LogP contribution in [0.5, 0.6) is 5.75 Å². The fraction of sp³-hybridized carbons (Fsp3) is 0.333. The molecule has 0 radical (unpaired) electrons. The van der Waals surface area contributed by atoms with Gasteiger partial charge in [-0.05, 0) is 45.3 Å². The van der Waals surface area contributed by atoms with Gasteiger partial charge in [0, 0.05) is 13.1 Å². The minimum atomic E-state index is -0.0789. The maximum absolute atomic E-state index is 13.3. The lowest BCUT2D eigenvalue weighted by atomic mass is 10.2. The van der Waals surface area contributed by atoms with E-state index in [0.29, 0.717) is 35.6 Å². The van der Waals surface area contributed by atoms with Crippen LogP contribution in [0.25, 0.3) is 16.6 Å². The molecule has 27 heavy (non-hydrogen) atoms. The summed E-state index contributed by atoms with van der Waals surface area (Å²) in [5, 5.41) is 3.75. The molecule has 142 valence electrons. The van der Waals surface area contributed by atoms with Crippen molar-refractivity contribution >= 4 is 10.9 Å². The number of nitrogens with zero attached hydrogens (tertiary/aromatic N) is 3. The molecule has 0 fully saturated rings. The summed E-state index contributed by atoms with van der Waals surface area (Å²) in [6.07, 6.45) is 0. The second-order valence-corrected chi connectivity index (χ2v) is 6.43. The van der Waals surface area contributed by atoms with Gasteiger partial charge in [-0.3, -0.25) is 14.3 Å². The van der Waals surface area contributed by atoms with Crippen LogP contribution in [0, 0.1) is 0 Å². The molecule has 0 aliphatic rings. The monoisotopic (exact) mass is 366 g/mol. The summed E-state index contributed by atoms with van der Waals surface area (Å²) in [5.41, 5.74) is 1.36. The molecule has 0 saturated heterocycles. The Morgan fingerprint density at radius 2 is 1.89 bits per heavy atom. The number of hydrogen-bond acceptors (Lipinski definition) is 5. The maximum Gasteiger partial charge on any atom is 0.266 e. The summed E-state index contributed by atoms with van der Waals surface area (Å²) in [7, 11) is 3.95. The zero-order valence-electron chi connectivity index (χ0n) is 16.1. The zero-order valence-corrected chi connectivity index (χ0v) is 16.1. The number of ether oxygens (including phenoxy) is 1. The van der Waals surface area contributed by atoms with Crippen molar-refractivity contribution in [1.29, 1.82) is 0 Å². The van der Waals surface area contributed by atoms with Gasteiger partial charge >= 0.3 is 0 Å². The van der Waals surface area contributed by atoms with E-state index in [0.717, 1.165) is 18.8 Å². The van der Waals surface area contributed by atoms with Gasteiger partial charge in [0.2, 0.25) is 0 Å². The van der Waals surface area contributed by atoms with Gasteiger partial charge in [0.15, 0.2) is 0 Å². The van der Waals surface area contributed by atoms with Crippen LogP contribution >= 0.6 is 0 Å². The molecule has 2 aromatic carbocycles. The van der Waals surface area contributed by atoms with Crippen molar-refractivity contribution in [2.75, 3.05) is 33.8 Å². The molecular formula is C21H26N4O2. The summed E-state index contributed by atoms with van der Waals surface area (Å²) in [6.45, 7) is 4.74. The maximum atomic E-state index is 13.3. The molecule has 0 aliphatic carbocycles. The molecule has 0 amide bonds. The first-order valence-corrected chi connectivity index (χ1v) is 9.21. The molecule has 0 bridgehead atoms. The largest absolute Gasteiger partial charge is 0.492 e. The second-order valence-electron chi connectivity index (χ2n) is 6.43. The molecule has 0 aliphatic heterocycles. The Labute approximate surface area is 159 Å². The topological polar surface area (TPSA) is 59.4 Å². The fourth-order valence-corrected chi connectivity index (χ4v) is 3.08. The van der Waals surface area contributed by atoms with E-state index < -0.39 is 0 Å².